The summed E-state index contributed by atoms with van der Waals surface area (Å²) in [5, 5.41) is 8.65. The molecule has 0 fully saturated rings. The molecule has 4 aromatic rings. The molecule has 120 valence electrons. The minimum absolute atomic E-state index is 0.396. The van der Waals surface area contributed by atoms with Crippen LogP contribution in [0, 0.1) is 0 Å². The Balaban J connectivity index is 1.56. The van der Waals surface area contributed by atoms with Crippen LogP contribution in [0.15, 0.2) is 62.2 Å². The number of aryl methyl sites for hydroxylation is 2. The zero-order valence-electron chi connectivity index (χ0n) is 12.5. The highest BCUT2D eigenvalue weighted by molar-refractivity contribution is 6.30. The lowest BCUT2D eigenvalue weighted by Gasteiger charge is -1.99. The maximum atomic E-state index is 11.9. The second-order valence-corrected chi connectivity index (χ2v) is 5.69. The summed E-state index contributed by atoms with van der Waals surface area (Å²) in [5.41, 5.74) is 2.07. The van der Waals surface area contributed by atoms with Gasteiger partial charge in [-0.05, 0) is 30.3 Å². The van der Waals surface area contributed by atoms with Crippen molar-refractivity contribution in [2.24, 2.45) is 0 Å². The minimum atomic E-state index is -0.397. The van der Waals surface area contributed by atoms with Crippen molar-refractivity contribution in [1.29, 1.82) is 0 Å². The summed E-state index contributed by atoms with van der Waals surface area (Å²) in [7, 11) is 0. The molecule has 0 bridgehead atoms. The highest BCUT2D eigenvalue weighted by Crippen LogP contribution is 2.21. The standard InChI is InChI=1S/C17H12ClN3O3/c18-12-5-3-4-11(10-12)16-20-19-15(24-16)8-9-21-13-6-1-2-7-14(13)23-17(21)22/h1-7,10H,8-9H2. The van der Waals surface area contributed by atoms with Gasteiger partial charge in [-0.3, -0.25) is 4.57 Å². The van der Waals surface area contributed by atoms with Gasteiger partial charge in [0.25, 0.3) is 0 Å². The minimum Gasteiger partial charge on any atom is -0.421 e. The van der Waals surface area contributed by atoms with E-state index in [0.29, 0.717) is 35.4 Å². The van der Waals surface area contributed by atoms with Crippen molar-refractivity contribution in [2.45, 2.75) is 13.0 Å². The number of halogens is 1. The fourth-order valence-electron chi connectivity index (χ4n) is 2.53. The fraction of sp³-hybridized carbons (Fsp3) is 0.118. The van der Waals surface area contributed by atoms with Crippen molar-refractivity contribution in [3.63, 3.8) is 0 Å². The molecule has 6 nitrogen and oxygen atoms in total. The number of hydrogen-bond donors (Lipinski definition) is 0. The monoisotopic (exact) mass is 341 g/mol. The Morgan fingerprint density at radius 3 is 2.79 bits per heavy atom. The number of fused-ring (bicyclic) bond motifs is 1. The molecule has 0 radical (unpaired) electrons. The Morgan fingerprint density at radius 2 is 1.92 bits per heavy atom. The number of oxazole rings is 1. The Labute approximate surface area is 141 Å². The number of aromatic nitrogens is 3. The molecule has 0 saturated carbocycles. The molecule has 0 amide bonds. The number of benzene rings is 2. The topological polar surface area (TPSA) is 74.1 Å². The van der Waals surface area contributed by atoms with Crippen molar-refractivity contribution < 1.29 is 8.83 Å². The van der Waals surface area contributed by atoms with Crippen molar-refractivity contribution in [3.8, 4) is 11.5 Å². The van der Waals surface area contributed by atoms with Crippen LogP contribution < -0.4 is 5.76 Å². The molecule has 7 heteroatoms. The maximum absolute atomic E-state index is 11.9. The maximum Gasteiger partial charge on any atom is 0.419 e. The Kier molecular flexibility index (Phi) is 3.66. The van der Waals surface area contributed by atoms with Gasteiger partial charge in [-0.1, -0.05) is 29.8 Å². The molecule has 2 heterocycles. The van der Waals surface area contributed by atoms with Crippen LogP contribution in [0.4, 0.5) is 0 Å². The van der Waals surface area contributed by atoms with Crippen LogP contribution in [0.25, 0.3) is 22.6 Å². The first-order valence-electron chi connectivity index (χ1n) is 7.37. The smallest absolute Gasteiger partial charge is 0.419 e. The Bertz CT molecular complexity index is 1060. The van der Waals surface area contributed by atoms with Crippen molar-refractivity contribution in [3.05, 3.63) is 70.0 Å². The molecule has 4 rings (SSSR count). The molecule has 0 aliphatic carbocycles. The first-order valence-corrected chi connectivity index (χ1v) is 7.75. The number of para-hydroxylation sites is 2. The third-order valence-corrected chi connectivity index (χ3v) is 3.90. The summed E-state index contributed by atoms with van der Waals surface area (Å²) in [6.07, 6.45) is 0.428. The molecular weight excluding hydrogens is 330 g/mol. The molecule has 0 N–H and O–H groups in total. The van der Waals surface area contributed by atoms with E-state index in [1.54, 1.807) is 22.8 Å². The summed E-state index contributed by atoms with van der Waals surface area (Å²) in [5.74, 6) is 0.449. The van der Waals surface area contributed by atoms with E-state index in [4.69, 9.17) is 20.4 Å². The van der Waals surface area contributed by atoms with Gasteiger partial charge in [-0.25, -0.2) is 4.79 Å². The summed E-state index contributed by atoms with van der Waals surface area (Å²) in [4.78, 5) is 11.9. The average molecular weight is 342 g/mol. The lowest BCUT2D eigenvalue weighted by atomic mass is 10.2. The van der Waals surface area contributed by atoms with Gasteiger partial charge >= 0.3 is 5.76 Å². The van der Waals surface area contributed by atoms with Gasteiger partial charge in [0.05, 0.1) is 5.52 Å². The highest BCUT2D eigenvalue weighted by Gasteiger charge is 2.12. The van der Waals surface area contributed by atoms with Crippen LogP contribution in [0.3, 0.4) is 0 Å². The third kappa shape index (κ3) is 2.72. The molecule has 0 unspecified atom stereocenters. The molecule has 2 aromatic carbocycles. The first kappa shape index (κ1) is 14.7. The lowest BCUT2D eigenvalue weighted by molar-refractivity contribution is 0.464. The molecule has 0 saturated heterocycles. The zero-order valence-corrected chi connectivity index (χ0v) is 13.2. The van der Waals surface area contributed by atoms with Crippen LogP contribution in [-0.2, 0) is 13.0 Å². The average Bonchev–Trinajstić information content (AvgIpc) is 3.17. The highest BCUT2D eigenvalue weighted by atomic mass is 35.5. The van der Waals surface area contributed by atoms with Gasteiger partial charge in [0.2, 0.25) is 11.8 Å². The van der Waals surface area contributed by atoms with Gasteiger partial charge in [0.1, 0.15) is 0 Å². The van der Waals surface area contributed by atoms with Crippen LogP contribution in [0.2, 0.25) is 5.02 Å². The molecule has 2 aromatic heterocycles. The van der Waals surface area contributed by atoms with Gasteiger partial charge in [0.15, 0.2) is 5.58 Å². The van der Waals surface area contributed by atoms with Gasteiger partial charge in [0, 0.05) is 23.6 Å². The number of hydrogen-bond acceptors (Lipinski definition) is 5. The van der Waals surface area contributed by atoms with Crippen molar-refractivity contribution in [1.82, 2.24) is 14.8 Å². The molecule has 0 aliphatic rings. The molecule has 24 heavy (non-hydrogen) atoms. The van der Waals surface area contributed by atoms with Gasteiger partial charge in [-0.15, -0.1) is 10.2 Å². The predicted octanol–water partition coefficient (Wildman–Crippen LogP) is 3.54. The third-order valence-electron chi connectivity index (χ3n) is 3.66. The van der Waals surface area contributed by atoms with Crippen LogP contribution in [0.5, 0.6) is 0 Å². The van der Waals surface area contributed by atoms with E-state index in [-0.39, 0.29) is 0 Å². The summed E-state index contributed by atoms with van der Waals surface area (Å²) < 4.78 is 12.4. The van der Waals surface area contributed by atoms with E-state index in [1.807, 2.05) is 30.3 Å². The summed E-state index contributed by atoms with van der Waals surface area (Å²) >= 11 is 5.96. The van der Waals surface area contributed by atoms with Gasteiger partial charge < -0.3 is 8.83 Å². The zero-order chi connectivity index (χ0) is 16.5. The van der Waals surface area contributed by atoms with E-state index in [2.05, 4.69) is 10.2 Å². The number of nitrogens with zero attached hydrogens (tertiary/aromatic N) is 3. The first-order chi connectivity index (χ1) is 11.7. The van der Waals surface area contributed by atoms with Gasteiger partial charge in [-0.2, -0.15) is 0 Å². The van der Waals surface area contributed by atoms with E-state index in [9.17, 15) is 4.79 Å². The fourth-order valence-corrected chi connectivity index (χ4v) is 2.72. The van der Waals surface area contributed by atoms with E-state index in [0.717, 1.165) is 11.1 Å². The second-order valence-electron chi connectivity index (χ2n) is 5.25. The van der Waals surface area contributed by atoms with Crippen LogP contribution in [0.1, 0.15) is 5.89 Å². The SMILES string of the molecule is O=c1oc2ccccc2n1CCc1nnc(-c2cccc(Cl)c2)o1. The van der Waals surface area contributed by atoms with Crippen molar-refractivity contribution >= 4 is 22.7 Å². The Morgan fingerprint density at radius 1 is 1.04 bits per heavy atom. The Hall–Kier alpha value is -2.86. The van der Waals surface area contributed by atoms with E-state index >= 15 is 0 Å². The van der Waals surface area contributed by atoms with Crippen LogP contribution >= 0.6 is 11.6 Å². The lowest BCUT2D eigenvalue weighted by Crippen LogP contribution is -2.15. The molecule has 0 atom stereocenters. The molecular formula is C17H12ClN3O3. The van der Waals surface area contributed by atoms with E-state index < -0.39 is 5.76 Å². The number of rotatable bonds is 4. The second kappa shape index (κ2) is 5.98. The normalized spacial score (nSPS) is 11.2. The molecule has 0 aliphatic heterocycles. The molecule has 0 spiro atoms. The van der Waals surface area contributed by atoms with Crippen molar-refractivity contribution in [2.75, 3.05) is 0 Å². The van der Waals surface area contributed by atoms with Crippen LogP contribution in [-0.4, -0.2) is 14.8 Å². The van der Waals surface area contributed by atoms with E-state index in [1.165, 1.54) is 0 Å². The predicted molar refractivity (Wildman–Crippen MR) is 88.9 cm³/mol. The summed E-state index contributed by atoms with van der Waals surface area (Å²) in [6, 6.07) is 14.5. The summed E-state index contributed by atoms with van der Waals surface area (Å²) in [6.45, 7) is 0.396. The quantitative estimate of drug-likeness (QED) is 0.567. The largest absolute Gasteiger partial charge is 0.421 e.